The zero-order valence-electron chi connectivity index (χ0n) is 51.2. The van der Waals surface area contributed by atoms with Gasteiger partial charge in [0.1, 0.15) is 13.2 Å². The molecule has 0 heterocycles. The Kier molecular flexibility index (Phi) is 62.7. The zero-order valence-corrected chi connectivity index (χ0v) is 51.2. The topological polar surface area (TPSA) is 78.9 Å². The summed E-state index contributed by atoms with van der Waals surface area (Å²) in [6, 6.07) is 0. The van der Waals surface area contributed by atoms with Crippen molar-refractivity contribution in [2.45, 2.75) is 348 Å². The minimum Gasteiger partial charge on any atom is -0.462 e. The van der Waals surface area contributed by atoms with E-state index in [1.165, 1.54) is 205 Å². The van der Waals surface area contributed by atoms with Gasteiger partial charge >= 0.3 is 17.9 Å². The molecule has 0 aromatic heterocycles. The molecule has 0 bridgehead atoms. The first-order valence-electron chi connectivity index (χ1n) is 33.4. The number of hydrogen-bond donors (Lipinski definition) is 0. The fourth-order valence-corrected chi connectivity index (χ4v) is 9.74. The van der Waals surface area contributed by atoms with Gasteiger partial charge in [-0.05, 0) is 70.6 Å². The van der Waals surface area contributed by atoms with Crippen LogP contribution in [0.1, 0.15) is 342 Å². The number of carbonyl (C=O) groups is 3. The number of ether oxygens (including phenoxy) is 3. The Balaban J connectivity index is 4.05. The third-order valence-corrected chi connectivity index (χ3v) is 14.7. The van der Waals surface area contributed by atoms with Crippen LogP contribution in [0.4, 0.5) is 0 Å². The number of rotatable bonds is 61. The largest absolute Gasteiger partial charge is 0.462 e. The molecule has 0 aromatic rings. The van der Waals surface area contributed by atoms with E-state index < -0.39 is 6.10 Å². The molecule has 0 aliphatic heterocycles. The van der Waals surface area contributed by atoms with Crippen LogP contribution in [0, 0.1) is 0 Å². The van der Waals surface area contributed by atoms with Crippen molar-refractivity contribution in [2.75, 3.05) is 13.2 Å². The Hall–Kier alpha value is -3.15. The molecular weight excluding hydrogens is 949 g/mol. The highest BCUT2D eigenvalue weighted by Crippen LogP contribution is 2.17. The molecule has 6 heteroatoms. The quantitative estimate of drug-likeness (QED) is 0.0261. The van der Waals surface area contributed by atoms with Crippen molar-refractivity contribution >= 4 is 17.9 Å². The Morgan fingerprint density at radius 3 is 0.792 bits per heavy atom. The van der Waals surface area contributed by atoms with Gasteiger partial charge < -0.3 is 14.2 Å². The zero-order chi connectivity index (χ0) is 55.7. The van der Waals surface area contributed by atoms with Crippen LogP contribution in [0.3, 0.4) is 0 Å². The molecule has 0 spiro atoms. The second-order valence-corrected chi connectivity index (χ2v) is 22.4. The van der Waals surface area contributed by atoms with E-state index in [2.05, 4.69) is 93.7 Å². The maximum absolute atomic E-state index is 12.8. The molecule has 0 radical (unpaired) electrons. The minimum atomic E-state index is -0.768. The van der Waals surface area contributed by atoms with Crippen LogP contribution in [0.2, 0.25) is 0 Å². The number of esters is 3. The maximum Gasteiger partial charge on any atom is 0.306 e. The summed E-state index contributed by atoms with van der Waals surface area (Å²) in [4.78, 5) is 38.2. The van der Waals surface area contributed by atoms with Crippen LogP contribution in [-0.4, -0.2) is 37.2 Å². The van der Waals surface area contributed by atoms with Crippen molar-refractivity contribution in [3.8, 4) is 0 Å². The minimum absolute atomic E-state index is 0.0676. The molecule has 0 aliphatic carbocycles. The van der Waals surface area contributed by atoms with Gasteiger partial charge in [0.05, 0.1) is 0 Å². The predicted octanol–water partition coefficient (Wildman–Crippen LogP) is 22.9. The monoisotopic (exact) mass is 1070 g/mol. The summed E-state index contributed by atoms with van der Waals surface area (Å²) in [6.07, 6.45) is 85.0. The average Bonchev–Trinajstić information content (AvgIpc) is 3.43. The Morgan fingerprint density at radius 2 is 0.506 bits per heavy atom. The summed E-state index contributed by atoms with van der Waals surface area (Å²) in [5, 5.41) is 0. The van der Waals surface area contributed by atoms with E-state index in [0.29, 0.717) is 19.3 Å². The van der Waals surface area contributed by atoms with Crippen LogP contribution < -0.4 is 0 Å². The highest BCUT2D eigenvalue weighted by molar-refractivity contribution is 5.71. The SMILES string of the molecule is CC/C=C\C/C=C\C/C=C\C/C=C\C/C=C\C/C=C\CCCCCCCCCCCCCCCCCCC(=O)OCC(COC(=O)CCCCCCCCCCCCCC)OC(=O)CCCCCCCCCCCCCC. The lowest BCUT2D eigenvalue weighted by molar-refractivity contribution is -0.167. The van der Waals surface area contributed by atoms with Crippen molar-refractivity contribution in [2.24, 2.45) is 0 Å². The molecule has 77 heavy (non-hydrogen) atoms. The van der Waals surface area contributed by atoms with Crippen LogP contribution >= 0.6 is 0 Å². The first kappa shape index (κ1) is 73.8. The molecule has 0 fully saturated rings. The molecule has 0 aliphatic rings. The summed E-state index contributed by atoms with van der Waals surface area (Å²) < 4.78 is 16.9. The highest BCUT2D eigenvalue weighted by atomic mass is 16.6. The van der Waals surface area contributed by atoms with E-state index in [1.807, 2.05) is 0 Å². The lowest BCUT2D eigenvalue weighted by Crippen LogP contribution is -2.30. The first-order valence-corrected chi connectivity index (χ1v) is 33.4. The molecule has 0 saturated carbocycles. The van der Waals surface area contributed by atoms with Crippen molar-refractivity contribution in [3.63, 3.8) is 0 Å². The average molecular weight is 1080 g/mol. The fraction of sp³-hybridized carbons (Fsp3) is 0.789. The molecule has 0 N–H and O–H groups in total. The Labute approximate surface area is 478 Å². The Morgan fingerprint density at radius 1 is 0.273 bits per heavy atom. The number of unbranched alkanes of at least 4 members (excludes halogenated alkanes) is 38. The van der Waals surface area contributed by atoms with Crippen molar-refractivity contribution in [1.29, 1.82) is 0 Å². The van der Waals surface area contributed by atoms with E-state index in [4.69, 9.17) is 14.2 Å². The first-order chi connectivity index (χ1) is 38.0. The molecule has 0 aromatic carbocycles. The molecule has 1 atom stereocenters. The van der Waals surface area contributed by atoms with Gasteiger partial charge in [-0.1, -0.05) is 325 Å². The fourth-order valence-electron chi connectivity index (χ4n) is 9.74. The standard InChI is InChI=1S/C71H126O6/c1-4-7-10-13-16-19-22-25-26-27-28-29-30-31-32-33-34-35-36-37-38-39-40-41-42-43-44-45-46-47-50-52-55-58-61-64-70(73)76-67-68(77-71(74)65-62-59-56-53-49-24-21-18-15-12-9-6-3)66-75-69(72)63-60-57-54-51-48-23-20-17-14-11-8-5-2/h7,10,16,19,25-26,28-29,31-32,34-35,68H,4-6,8-9,11-15,17-18,20-24,27,30,33,36-67H2,1-3H3/b10-7-,19-16-,26-25-,29-28-,32-31-,35-34-. The highest BCUT2D eigenvalue weighted by Gasteiger charge is 2.19. The molecule has 0 saturated heterocycles. The normalized spacial score (nSPS) is 12.5. The molecule has 6 nitrogen and oxygen atoms in total. The van der Waals surface area contributed by atoms with E-state index in [9.17, 15) is 14.4 Å². The molecular formula is C71H126O6. The lowest BCUT2D eigenvalue weighted by atomic mass is 10.0. The third kappa shape index (κ3) is 63.6. The third-order valence-electron chi connectivity index (χ3n) is 14.7. The second kappa shape index (κ2) is 65.4. The van der Waals surface area contributed by atoms with Gasteiger partial charge in [0.15, 0.2) is 6.10 Å². The van der Waals surface area contributed by atoms with Crippen molar-refractivity contribution in [1.82, 2.24) is 0 Å². The second-order valence-electron chi connectivity index (χ2n) is 22.4. The van der Waals surface area contributed by atoms with E-state index in [1.54, 1.807) is 0 Å². The van der Waals surface area contributed by atoms with E-state index >= 15 is 0 Å². The summed E-state index contributed by atoms with van der Waals surface area (Å²) in [7, 11) is 0. The van der Waals surface area contributed by atoms with Gasteiger partial charge in [-0.25, -0.2) is 0 Å². The van der Waals surface area contributed by atoms with E-state index in [-0.39, 0.29) is 31.1 Å². The summed E-state index contributed by atoms with van der Waals surface area (Å²) >= 11 is 0. The summed E-state index contributed by atoms with van der Waals surface area (Å²) in [6.45, 7) is 6.56. The van der Waals surface area contributed by atoms with E-state index in [0.717, 1.165) is 96.3 Å². The Bertz CT molecular complexity index is 1420. The van der Waals surface area contributed by atoms with Crippen molar-refractivity contribution in [3.05, 3.63) is 72.9 Å². The number of allylic oxidation sites excluding steroid dienone is 12. The van der Waals surface area contributed by atoms with Gasteiger partial charge in [-0.2, -0.15) is 0 Å². The molecule has 446 valence electrons. The smallest absolute Gasteiger partial charge is 0.306 e. The van der Waals surface area contributed by atoms with Crippen LogP contribution in [0.25, 0.3) is 0 Å². The van der Waals surface area contributed by atoms with Gasteiger partial charge in [-0.3, -0.25) is 14.4 Å². The molecule has 0 amide bonds. The van der Waals surface area contributed by atoms with Crippen LogP contribution in [0.15, 0.2) is 72.9 Å². The predicted molar refractivity (Wildman–Crippen MR) is 335 cm³/mol. The molecule has 0 rings (SSSR count). The van der Waals surface area contributed by atoms with Gasteiger partial charge in [0.25, 0.3) is 0 Å². The van der Waals surface area contributed by atoms with Gasteiger partial charge in [-0.15, -0.1) is 0 Å². The molecule has 1 unspecified atom stereocenters. The van der Waals surface area contributed by atoms with Crippen LogP contribution in [-0.2, 0) is 28.6 Å². The van der Waals surface area contributed by atoms with Crippen LogP contribution in [0.5, 0.6) is 0 Å². The number of hydrogen-bond acceptors (Lipinski definition) is 6. The summed E-state index contributed by atoms with van der Waals surface area (Å²) in [5.41, 5.74) is 0. The van der Waals surface area contributed by atoms with Crippen molar-refractivity contribution < 1.29 is 28.6 Å². The maximum atomic E-state index is 12.8. The van der Waals surface area contributed by atoms with Gasteiger partial charge in [0.2, 0.25) is 0 Å². The summed E-state index contributed by atoms with van der Waals surface area (Å²) in [5.74, 6) is -0.849. The number of carbonyl (C=O) groups excluding carboxylic acids is 3. The van der Waals surface area contributed by atoms with Gasteiger partial charge in [0, 0.05) is 19.3 Å². The lowest BCUT2D eigenvalue weighted by Gasteiger charge is -2.18.